The summed E-state index contributed by atoms with van der Waals surface area (Å²) in [6.45, 7) is 0.425. The van der Waals surface area contributed by atoms with Crippen LogP contribution in [0.4, 0.5) is 0 Å². The lowest BCUT2D eigenvalue weighted by Crippen LogP contribution is -2.40. The van der Waals surface area contributed by atoms with Gasteiger partial charge in [0.25, 0.3) is 5.91 Å². The number of aromatic nitrogens is 1. The Balaban J connectivity index is 1.49. The van der Waals surface area contributed by atoms with E-state index in [2.05, 4.69) is 10.3 Å². The molecule has 0 unspecified atom stereocenters. The molecule has 0 saturated carbocycles. The Labute approximate surface area is 173 Å². The van der Waals surface area contributed by atoms with Gasteiger partial charge in [0.2, 0.25) is 11.3 Å². The Hall–Kier alpha value is -3.81. The molecule has 3 aromatic rings. The average molecular weight is 409 g/mol. The van der Waals surface area contributed by atoms with Gasteiger partial charge in [-0.05, 0) is 36.4 Å². The topological polar surface area (TPSA) is 101 Å². The fraction of sp³-hybridized carbons (Fsp3) is 0.227. The SMILES string of the molecule is COc1ccc(OCCN(C)C(=O)CNC(=O)c2c[nH]c3ccccc3c2=O)cc1. The van der Waals surface area contributed by atoms with Gasteiger partial charge in [0.05, 0.1) is 20.2 Å². The lowest BCUT2D eigenvalue weighted by Gasteiger charge is -2.18. The van der Waals surface area contributed by atoms with Crippen molar-refractivity contribution < 1.29 is 19.1 Å². The number of pyridine rings is 1. The zero-order valence-corrected chi connectivity index (χ0v) is 16.8. The van der Waals surface area contributed by atoms with Gasteiger partial charge < -0.3 is 24.7 Å². The second-order valence-electron chi connectivity index (χ2n) is 6.60. The maximum atomic E-state index is 12.5. The van der Waals surface area contributed by atoms with Crippen molar-refractivity contribution in [3.63, 3.8) is 0 Å². The Bertz CT molecular complexity index is 1090. The first-order valence-corrected chi connectivity index (χ1v) is 9.39. The third-order valence-electron chi connectivity index (χ3n) is 4.61. The number of ether oxygens (including phenoxy) is 2. The van der Waals surface area contributed by atoms with Crippen LogP contribution in [0.2, 0.25) is 0 Å². The molecule has 0 bridgehead atoms. The van der Waals surface area contributed by atoms with Gasteiger partial charge in [-0.2, -0.15) is 0 Å². The van der Waals surface area contributed by atoms with Crippen LogP contribution in [-0.2, 0) is 4.79 Å². The quantitative estimate of drug-likeness (QED) is 0.591. The highest BCUT2D eigenvalue weighted by Crippen LogP contribution is 2.16. The van der Waals surface area contributed by atoms with Crippen molar-refractivity contribution in [2.24, 2.45) is 0 Å². The second kappa shape index (κ2) is 9.60. The number of nitrogens with one attached hydrogen (secondary N) is 2. The van der Waals surface area contributed by atoms with Gasteiger partial charge in [0.1, 0.15) is 23.7 Å². The summed E-state index contributed by atoms with van der Waals surface area (Å²) in [5, 5.41) is 2.92. The molecular formula is C22H23N3O5. The molecule has 8 heteroatoms. The number of likely N-dealkylation sites (N-methyl/N-ethyl adjacent to an activating group) is 1. The van der Waals surface area contributed by atoms with Crippen molar-refractivity contribution in [3.05, 3.63) is 70.5 Å². The predicted molar refractivity (Wildman–Crippen MR) is 113 cm³/mol. The van der Waals surface area contributed by atoms with Gasteiger partial charge in [-0.3, -0.25) is 14.4 Å². The maximum absolute atomic E-state index is 12.5. The molecule has 0 aliphatic heterocycles. The molecule has 156 valence electrons. The summed E-state index contributed by atoms with van der Waals surface area (Å²) in [5.41, 5.74) is 0.231. The highest BCUT2D eigenvalue weighted by molar-refractivity contribution is 5.98. The number of carbonyl (C=O) groups excluding carboxylic acids is 2. The van der Waals surface area contributed by atoms with E-state index in [-0.39, 0.29) is 23.4 Å². The molecule has 0 aliphatic carbocycles. The first kappa shape index (κ1) is 20.9. The first-order valence-electron chi connectivity index (χ1n) is 9.39. The van der Waals surface area contributed by atoms with Gasteiger partial charge in [0.15, 0.2) is 0 Å². The number of hydrogen-bond donors (Lipinski definition) is 2. The number of benzene rings is 2. The molecular weight excluding hydrogens is 386 g/mol. The summed E-state index contributed by atoms with van der Waals surface area (Å²) < 4.78 is 10.7. The van der Waals surface area contributed by atoms with Crippen LogP contribution in [0.25, 0.3) is 10.9 Å². The number of aromatic amines is 1. The van der Waals surface area contributed by atoms with Gasteiger partial charge in [-0.1, -0.05) is 12.1 Å². The Morgan fingerprint density at radius 2 is 1.77 bits per heavy atom. The van der Waals surface area contributed by atoms with Crippen LogP contribution in [0.3, 0.4) is 0 Å². The third-order valence-corrected chi connectivity index (χ3v) is 4.61. The van der Waals surface area contributed by atoms with Gasteiger partial charge in [-0.15, -0.1) is 0 Å². The van der Waals surface area contributed by atoms with Crippen LogP contribution in [0.15, 0.2) is 59.5 Å². The molecule has 1 heterocycles. The zero-order valence-electron chi connectivity index (χ0n) is 16.8. The number of para-hydroxylation sites is 1. The van der Waals surface area contributed by atoms with Crippen LogP contribution in [0, 0.1) is 0 Å². The number of H-pyrrole nitrogens is 1. The van der Waals surface area contributed by atoms with E-state index in [9.17, 15) is 14.4 Å². The number of carbonyl (C=O) groups is 2. The van der Waals surface area contributed by atoms with Crippen LogP contribution in [-0.4, -0.2) is 55.6 Å². The maximum Gasteiger partial charge on any atom is 0.257 e. The third kappa shape index (κ3) is 4.96. The number of fused-ring (bicyclic) bond motifs is 1. The predicted octanol–water partition coefficient (Wildman–Crippen LogP) is 1.80. The van der Waals surface area contributed by atoms with E-state index >= 15 is 0 Å². The number of hydrogen-bond acceptors (Lipinski definition) is 5. The van der Waals surface area contributed by atoms with E-state index in [1.807, 2.05) is 0 Å². The van der Waals surface area contributed by atoms with Crippen LogP contribution < -0.4 is 20.2 Å². The molecule has 0 aliphatic rings. The minimum absolute atomic E-state index is 0.0352. The Kier molecular flexibility index (Phi) is 6.69. The van der Waals surface area contributed by atoms with E-state index in [0.717, 1.165) is 5.75 Å². The number of rotatable bonds is 8. The molecule has 2 aromatic carbocycles. The van der Waals surface area contributed by atoms with E-state index < -0.39 is 5.91 Å². The Morgan fingerprint density at radius 3 is 2.50 bits per heavy atom. The minimum Gasteiger partial charge on any atom is -0.497 e. The molecule has 8 nitrogen and oxygen atoms in total. The smallest absolute Gasteiger partial charge is 0.257 e. The Morgan fingerprint density at radius 1 is 1.07 bits per heavy atom. The first-order chi connectivity index (χ1) is 14.5. The molecule has 0 radical (unpaired) electrons. The van der Waals surface area contributed by atoms with Crippen LogP contribution >= 0.6 is 0 Å². The monoisotopic (exact) mass is 409 g/mol. The van der Waals surface area contributed by atoms with E-state index in [1.165, 1.54) is 11.1 Å². The molecule has 0 spiro atoms. The van der Waals surface area contributed by atoms with Crippen molar-refractivity contribution in [1.82, 2.24) is 15.2 Å². The fourth-order valence-corrected chi connectivity index (χ4v) is 2.82. The average Bonchev–Trinajstić information content (AvgIpc) is 2.78. The van der Waals surface area contributed by atoms with E-state index in [0.29, 0.717) is 29.8 Å². The van der Waals surface area contributed by atoms with Gasteiger partial charge in [0, 0.05) is 24.1 Å². The largest absolute Gasteiger partial charge is 0.497 e. The number of amides is 2. The summed E-state index contributed by atoms with van der Waals surface area (Å²) >= 11 is 0. The molecule has 3 rings (SSSR count). The minimum atomic E-state index is -0.599. The molecule has 30 heavy (non-hydrogen) atoms. The normalized spacial score (nSPS) is 10.5. The molecule has 0 fully saturated rings. The van der Waals surface area contributed by atoms with Crippen molar-refractivity contribution >= 4 is 22.7 Å². The van der Waals surface area contributed by atoms with Crippen LogP contribution in [0.5, 0.6) is 11.5 Å². The van der Waals surface area contributed by atoms with Crippen molar-refractivity contribution in [3.8, 4) is 11.5 Å². The van der Waals surface area contributed by atoms with E-state index in [1.54, 1.807) is 62.7 Å². The van der Waals surface area contributed by atoms with Gasteiger partial charge >= 0.3 is 0 Å². The summed E-state index contributed by atoms with van der Waals surface area (Å²) in [4.78, 5) is 41.4. The standard InChI is InChI=1S/C22H23N3O5/c1-25(11-12-30-16-9-7-15(29-2)8-10-16)20(26)14-24-22(28)18-13-23-19-6-4-3-5-17(19)21(18)27/h3-10,13H,11-12,14H2,1-2H3,(H,23,27)(H,24,28). The van der Waals surface area contributed by atoms with Crippen LogP contribution in [0.1, 0.15) is 10.4 Å². The fourth-order valence-electron chi connectivity index (χ4n) is 2.82. The molecule has 1 aromatic heterocycles. The summed E-state index contributed by atoms with van der Waals surface area (Å²) in [6.07, 6.45) is 1.36. The highest BCUT2D eigenvalue weighted by Gasteiger charge is 2.15. The van der Waals surface area contributed by atoms with Crippen molar-refractivity contribution in [2.45, 2.75) is 0 Å². The number of nitrogens with zero attached hydrogens (tertiary/aromatic N) is 1. The van der Waals surface area contributed by atoms with Gasteiger partial charge in [-0.25, -0.2) is 0 Å². The summed E-state index contributed by atoms with van der Waals surface area (Å²) in [6, 6.07) is 14.1. The zero-order chi connectivity index (χ0) is 21.5. The summed E-state index contributed by atoms with van der Waals surface area (Å²) in [7, 11) is 3.21. The second-order valence-corrected chi connectivity index (χ2v) is 6.60. The van der Waals surface area contributed by atoms with Crippen molar-refractivity contribution in [2.75, 3.05) is 33.9 Å². The lowest BCUT2D eigenvalue weighted by molar-refractivity contribution is -0.129. The molecule has 0 saturated heterocycles. The lowest BCUT2D eigenvalue weighted by atomic mass is 10.1. The number of methoxy groups -OCH3 is 1. The summed E-state index contributed by atoms with van der Waals surface area (Å²) in [5.74, 6) is 0.508. The molecule has 2 N–H and O–H groups in total. The molecule has 2 amide bonds. The van der Waals surface area contributed by atoms with E-state index in [4.69, 9.17) is 9.47 Å². The highest BCUT2D eigenvalue weighted by atomic mass is 16.5. The molecule has 0 atom stereocenters. The van der Waals surface area contributed by atoms with Crippen molar-refractivity contribution in [1.29, 1.82) is 0 Å².